The van der Waals surface area contributed by atoms with Crippen molar-refractivity contribution >= 4 is 17.7 Å². The molecule has 2 rings (SSSR count). The number of benzene rings is 2. The molecule has 1 N–H and O–H groups in total. The van der Waals surface area contributed by atoms with Crippen LogP contribution in [0, 0.1) is 11.6 Å². The van der Waals surface area contributed by atoms with E-state index in [-0.39, 0.29) is 5.69 Å². The number of anilines is 1. The molecule has 0 spiro atoms. The van der Waals surface area contributed by atoms with E-state index in [4.69, 9.17) is 5.11 Å². The molecule has 0 aliphatic carbocycles. The molecule has 0 aromatic heterocycles. The van der Waals surface area contributed by atoms with E-state index < -0.39 is 29.2 Å². The Hall–Kier alpha value is -2.76. The number of hydrogen-bond donors (Lipinski definition) is 1. The van der Waals surface area contributed by atoms with Crippen LogP contribution < -0.4 is 4.90 Å². The van der Waals surface area contributed by atoms with Crippen molar-refractivity contribution < 1.29 is 23.5 Å². The van der Waals surface area contributed by atoms with Crippen molar-refractivity contribution in [2.24, 2.45) is 0 Å². The van der Waals surface area contributed by atoms with Crippen molar-refractivity contribution in [3.63, 3.8) is 0 Å². The first-order chi connectivity index (χ1) is 9.50. The third-order valence-electron chi connectivity index (χ3n) is 2.57. The number of carbonyl (C=O) groups excluding carboxylic acids is 1. The Balaban J connectivity index is 2.45. The van der Waals surface area contributed by atoms with Crippen LogP contribution in [-0.4, -0.2) is 17.1 Å². The number of carboxylic acid groups (broad SMARTS) is 1. The second-order valence-corrected chi connectivity index (χ2v) is 3.88. The average molecular weight is 277 g/mol. The number of halogens is 2. The smallest absolute Gasteiger partial charge is 0.419 e. The summed E-state index contributed by atoms with van der Waals surface area (Å²) in [6.45, 7) is 0. The van der Waals surface area contributed by atoms with Gasteiger partial charge in [-0.05, 0) is 24.3 Å². The predicted octanol–water partition coefficient (Wildman–Crippen LogP) is 3.29. The van der Waals surface area contributed by atoms with Gasteiger partial charge >= 0.3 is 6.09 Å². The third-order valence-corrected chi connectivity index (χ3v) is 2.57. The van der Waals surface area contributed by atoms with E-state index in [0.29, 0.717) is 11.0 Å². The summed E-state index contributed by atoms with van der Waals surface area (Å²) in [7, 11) is 0. The van der Waals surface area contributed by atoms with Crippen molar-refractivity contribution in [1.29, 1.82) is 0 Å². The van der Waals surface area contributed by atoms with Crippen molar-refractivity contribution in [2.45, 2.75) is 0 Å². The summed E-state index contributed by atoms with van der Waals surface area (Å²) in [5.41, 5.74) is -0.439. The molecule has 0 aliphatic heterocycles. The topological polar surface area (TPSA) is 57.6 Å². The maximum absolute atomic E-state index is 13.6. The Morgan fingerprint density at radius 3 is 2.20 bits per heavy atom. The first kappa shape index (κ1) is 13.7. The number of amides is 2. The van der Waals surface area contributed by atoms with Crippen molar-refractivity contribution in [2.75, 3.05) is 4.90 Å². The molecular weight excluding hydrogens is 268 g/mol. The van der Waals surface area contributed by atoms with Crippen LogP contribution >= 0.6 is 0 Å². The van der Waals surface area contributed by atoms with Crippen LogP contribution in [0.1, 0.15) is 10.4 Å². The standard InChI is InChI=1S/C14H9F2NO3/c15-9-6-7-11(12(16)8-9)13(18)17(14(19)20)10-4-2-1-3-5-10/h1-8H,(H,19,20). The maximum atomic E-state index is 13.6. The minimum atomic E-state index is -1.55. The molecule has 2 aromatic carbocycles. The Morgan fingerprint density at radius 2 is 1.65 bits per heavy atom. The van der Waals surface area contributed by atoms with Crippen LogP contribution in [0.2, 0.25) is 0 Å². The van der Waals surface area contributed by atoms with Gasteiger partial charge in [0.1, 0.15) is 11.6 Å². The van der Waals surface area contributed by atoms with Crippen LogP contribution in [0.4, 0.5) is 19.3 Å². The van der Waals surface area contributed by atoms with Crippen molar-refractivity contribution in [1.82, 2.24) is 0 Å². The minimum Gasteiger partial charge on any atom is -0.464 e. The number of para-hydroxylation sites is 1. The predicted molar refractivity (Wildman–Crippen MR) is 67.6 cm³/mol. The van der Waals surface area contributed by atoms with Gasteiger partial charge in [0.25, 0.3) is 5.91 Å². The first-order valence-corrected chi connectivity index (χ1v) is 5.58. The Morgan fingerprint density at radius 1 is 1.00 bits per heavy atom. The van der Waals surface area contributed by atoms with Gasteiger partial charge in [-0.25, -0.2) is 18.5 Å². The minimum absolute atomic E-state index is 0.0775. The maximum Gasteiger partial charge on any atom is 0.419 e. The summed E-state index contributed by atoms with van der Waals surface area (Å²) in [4.78, 5) is 23.7. The highest BCUT2D eigenvalue weighted by Gasteiger charge is 2.26. The summed E-state index contributed by atoms with van der Waals surface area (Å²) in [5.74, 6) is -3.04. The highest BCUT2D eigenvalue weighted by Crippen LogP contribution is 2.19. The van der Waals surface area contributed by atoms with Gasteiger partial charge in [-0.1, -0.05) is 18.2 Å². The van der Waals surface area contributed by atoms with Gasteiger partial charge in [-0.2, -0.15) is 0 Å². The van der Waals surface area contributed by atoms with E-state index in [1.807, 2.05) is 0 Å². The van der Waals surface area contributed by atoms with Crippen molar-refractivity contribution in [3.05, 3.63) is 65.7 Å². The summed E-state index contributed by atoms with van der Waals surface area (Å²) < 4.78 is 26.4. The lowest BCUT2D eigenvalue weighted by molar-refractivity contribution is 0.0979. The molecule has 0 heterocycles. The highest BCUT2D eigenvalue weighted by atomic mass is 19.1. The molecule has 0 unspecified atom stereocenters. The third kappa shape index (κ3) is 2.64. The van der Waals surface area contributed by atoms with Gasteiger partial charge in [0.15, 0.2) is 0 Å². The van der Waals surface area contributed by atoms with Gasteiger partial charge in [0.05, 0.1) is 11.3 Å². The normalized spacial score (nSPS) is 10.1. The average Bonchev–Trinajstić information content (AvgIpc) is 2.39. The molecule has 0 saturated carbocycles. The molecule has 20 heavy (non-hydrogen) atoms. The quantitative estimate of drug-likeness (QED) is 0.916. The Bertz CT molecular complexity index is 659. The molecule has 4 nitrogen and oxygen atoms in total. The Labute approximate surface area is 112 Å². The lowest BCUT2D eigenvalue weighted by atomic mass is 10.1. The fourth-order valence-corrected chi connectivity index (χ4v) is 1.67. The lowest BCUT2D eigenvalue weighted by Crippen LogP contribution is -2.36. The molecule has 2 amide bonds. The highest BCUT2D eigenvalue weighted by molar-refractivity contribution is 6.18. The van der Waals surface area contributed by atoms with E-state index in [1.54, 1.807) is 18.2 Å². The van der Waals surface area contributed by atoms with E-state index in [2.05, 4.69) is 0 Å². The zero-order valence-electron chi connectivity index (χ0n) is 10.1. The number of carbonyl (C=O) groups is 2. The molecule has 0 atom stereocenters. The first-order valence-electron chi connectivity index (χ1n) is 5.58. The zero-order chi connectivity index (χ0) is 14.7. The summed E-state index contributed by atoms with van der Waals surface area (Å²) in [5, 5.41) is 9.11. The molecule has 0 fully saturated rings. The molecule has 2 aromatic rings. The second-order valence-electron chi connectivity index (χ2n) is 3.88. The number of hydrogen-bond acceptors (Lipinski definition) is 2. The second kappa shape index (κ2) is 5.48. The molecular formula is C14H9F2NO3. The summed E-state index contributed by atoms with van der Waals surface area (Å²) >= 11 is 0. The molecule has 102 valence electrons. The SMILES string of the molecule is O=C(O)N(C(=O)c1ccc(F)cc1F)c1ccccc1. The van der Waals surface area contributed by atoms with Gasteiger partial charge in [0, 0.05) is 6.07 Å². The van der Waals surface area contributed by atoms with Crippen LogP contribution in [0.25, 0.3) is 0 Å². The number of rotatable bonds is 2. The van der Waals surface area contributed by atoms with Crippen LogP contribution in [-0.2, 0) is 0 Å². The van der Waals surface area contributed by atoms with E-state index in [0.717, 1.165) is 12.1 Å². The van der Waals surface area contributed by atoms with Gasteiger partial charge < -0.3 is 5.11 Å². The molecule has 6 heteroatoms. The van der Waals surface area contributed by atoms with Gasteiger partial charge in [0.2, 0.25) is 0 Å². The largest absolute Gasteiger partial charge is 0.464 e. The molecule has 0 radical (unpaired) electrons. The van der Waals surface area contributed by atoms with Crippen LogP contribution in [0.3, 0.4) is 0 Å². The van der Waals surface area contributed by atoms with Gasteiger partial charge in [-0.3, -0.25) is 4.79 Å². The lowest BCUT2D eigenvalue weighted by Gasteiger charge is -2.17. The van der Waals surface area contributed by atoms with Crippen molar-refractivity contribution in [3.8, 4) is 0 Å². The number of nitrogens with zero attached hydrogens (tertiary/aromatic N) is 1. The van der Waals surface area contributed by atoms with E-state index >= 15 is 0 Å². The monoisotopic (exact) mass is 277 g/mol. The summed E-state index contributed by atoms with van der Waals surface area (Å²) in [6, 6.07) is 9.85. The fraction of sp³-hybridized carbons (Fsp3) is 0. The van der Waals surface area contributed by atoms with E-state index in [1.165, 1.54) is 12.1 Å². The molecule has 0 aliphatic rings. The van der Waals surface area contributed by atoms with Crippen LogP contribution in [0.15, 0.2) is 48.5 Å². The zero-order valence-corrected chi connectivity index (χ0v) is 10.1. The van der Waals surface area contributed by atoms with E-state index in [9.17, 15) is 18.4 Å². The molecule has 0 bridgehead atoms. The summed E-state index contributed by atoms with van der Waals surface area (Å²) in [6.07, 6.45) is -1.55. The fourth-order valence-electron chi connectivity index (χ4n) is 1.67. The van der Waals surface area contributed by atoms with Gasteiger partial charge in [-0.15, -0.1) is 0 Å². The van der Waals surface area contributed by atoms with Crippen LogP contribution in [0.5, 0.6) is 0 Å². The Kier molecular flexibility index (Phi) is 3.74. The number of imide groups is 1. The molecule has 0 saturated heterocycles.